The largest absolute Gasteiger partial charge is 0.494 e. The van der Waals surface area contributed by atoms with Gasteiger partial charge in [0.25, 0.3) is 0 Å². The molecule has 0 bridgehead atoms. The van der Waals surface area contributed by atoms with E-state index < -0.39 is 0 Å². The molecule has 25 heavy (non-hydrogen) atoms. The van der Waals surface area contributed by atoms with Gasteiger partial charge in [0.1, 0.15) is 5.75 Å². The van der Waals surface area contributed by atoms with Crippen molar-refractivity contribution in [2.45, 2.75) is 19.8 Å². The number of urea groups is 1. The van der Waals surface area contributed by atoms with Crippen molar-refractivity contribution in [2.24, 2.45) is 5.92 Å². The minimum atomic E-state index is -0.00557. The van der Waals surface area contributed by atoms with Crippen LogP contribution in [0.2, 0.25) is 0 Å². The highest BCUT2D eigenvalue weighted by Crippen LogP contribution is 2.21. The van der Waals surface area contributed by atoms with Crippen LogP contribution in [-0.2, 0) is 4.74 Å². The van der Waals surface area contributed by atoms with Crippen molar-refractivity contribution in [3.63, 3.8) is 0 Å². The Hall–Kier alpha value is -1.79. The van der Waals surface area contributed by atoms with Crippen molar-refractivity contribution in [3.8, 4) is 5.75 Å². The number of anilines is 1. The van der Waals surface area contributed by atoms with Gasteiger partial charge in [0.15, 0.2) is 0 Å². The highest BCUT2D eigenvalue weighted by atomic mass is 16.5. The first-order chi connectivity index (χ1) is 12.2. The Morgan fingerprint density at radius 3 is 2.48 bits per heavy atom. The van der Waals surface area contributed by atoms with Crippen molar-refractivity contribution in [3.05, 3.63) is 24.3 Å². The van der Waals surface area contributed by atoms with Crippen LogP contribution in [0, 0.1) is 5.92 Å². The van der Waals surface area contributed by atoms with Gasteiger partial charge in [-0.2, -0.15) is 0 Å². The van der Waals surface area contributed by atoms with Gasteiger partial charge in [-0.1, -0.05) is 0 Å². The molecular weight excluding hydrogens is 318 g/mol. The van der Waals surface area contributed by atoms with Gasteiger partial charge < -0.3 is 19.7 Å². The molecule has 6 heteroatoms. The van der Waals surface area contributed by atoms with Crippen molar-refractivity contribution in [1.29, 1.82) is 0 Å². The first-order valence-electron chi connectivity index (χ1n) is 9.33. The molecule has 6 nitrogen and oxygen atoms in total. The molecule has 0 saturated carbocycles. The van der Waals surface area contributed by atoms with E-state index in [2.05, 4.69) is 10.2 Å². The van der Waals surface area contributed by atoms with Crippen LogP contribution in [0.4, 0.5) is 10.5 Å². The quantitative estimate of drug-likeness (QED) is 0.890. The number of likely N-dealkylation sites (tertiary alicyclic amines) is 1. The molecule has 2 heterocycles. The summed E-state index contributed by atoms with van der Waals surface area (Å²) < 4.78 is 10.8. The molecule has 0 spiro atoms. The van der Waals surface area contributed by atoms with Crippen LogP contribution >= 0.6 is 0 Å². The number of carbonyl (C=O) groups is 1. The number of benzene rings is 1. The Labute approximate surface area is 150 Å². The summed E-state index contributed by atoms with van der Waals surface area (Å²) >= 11 is 0. The van der Waals surface area contributed by atoms with E-state index in [9.17, 15) is 4.79 Å². The summed E-state index contributed by atoms with van der Waals surface area (Å²) in [5.41, 5.74) is 0.809. The molecule has 2 aliphatic heterocycles. The maximum Gasteiger partial charge on any atom is 0.321 e. The Balaban J connectivity index is 1.41. The zero-order chi connectivity index (χ0) is 17.5. The number of amides is 2. The van der Waals surface area contributed by atoms with Crippen LogP contribution in [-0.4, -0.2) is 68.4 Å². The summed E-state index contributed by atoms with van der Waals surface area (Å²) in [5, 5.41) is 2.98. The average Bonchev–Trinajstić information content (AvgIpc) is 2.65. The van der Waals surface area contributed by atoms with Crippen LogP contribution in [0.1, 0.15) is 19.8 Å². The van der Waals surface area contributed by atoms with Gasteiger partial charge in [-0.15, -0.1) is 0 Å². The second-order valence-corrected chi connectivity index (χ2v) is 6.73. The molecule has 2 amide bonds. The topological polar surface area (TPSA) is 54.0 Å². The van der Waals surface area contributed by atoms with E-state index in [-0.39, 0.29) is 6.03 Å². The summed E-state index contributed by atoms with van der Waals surface area (Å²) in [6.45, 7) is 9.18. The number of piperidine rings is 1. The van der Waals surface area contributed by atoms with E-state index in [1.165, 1.54) is 0 Å². The third-order valence-corrected chi connectivity index (χ3v) is 4.94. The lowest BCUT2D eigenvalue weighted by atomic mass is 9.96. The van der Waals surface area contributed by atoms with Gasteiger partial charge in [0.2, 0.25) is 0 Å². The average molecular weight is 347 g/mol. The molecule has 3 rings (SSSR count). The van der Waals surface area contributed by atoms with E-state index in [0.29, 0.717) is 12.5 Å². The highest BCUT2D eigenvalue weighted by Gasteiger charge is 2.25. The predicted octanol–water partition coefficient (Wildman–Crippen LogP) is 2.66. The molecule has 1 aromatic carbocycles. The summed E-state index contributed by atoms with van der Waals surface area (Å²) in [5.74, 6) is 1.51. The first-order valence-corrected chi connectivity index (χ1v) is 9.33. The second kappa shape index (κ2) is 9.06. The van der Waals surface area contributed by atoms with Gasteiger partial charge in [-0.3, -0.25) is 4.90 Å². The van der Waals surface area contributed by atoms with Crippen LogP contribution in [0.5, 0.6) is 5.75 Å². The second-order valence-electron chi connectivity index (χ2n) is 6.73. The Bertz CT molecular complexity index is 535. The Morgan fingerprint density at radius 2 is 1.84 bits per heavy atom. The molecule has 1 N–H and O–H groups in total. The van der Waals surface area contributed by atoms with E-state index in [1.807, 2.05) is 36.1 Å². The Morgan fingerprint density at radius 1 is 1.16 bits per heavy atom. The number of carbonyl (C=O) groups excluding carboxylic acids is 1. The molecular formula is C19H29N3O3. The monoisotopic (exact) mass is 347 g/mol. The SMILES string of the molecule is CCOc1ccc(NC(=O)N2CCC(CN3CCOCC3)CC2)cc1. The van der Waals surface area contributed by atoms with Crippen molar-refractivity contribution in [2.75, 3.05) is 57.9 Å². The molecule has 2 fully saturated rings. The molecule has 0 aliphatic carbocycles. The van der Waals surface area contributed by atoms with Crippen molar-refractivity contribution in [1.82, 2.24) is 9.80 Å². The molecule has 0 aromatic heterocycles. The zero-order valence-electron chi connectivity index (χ0n) is 15.1. The molecule has 0 atom stereocenters. The number of ether oxygens (including phenoxy) is 2. The van der Waals surface area contributed by atoms with Gasteiger partial charge >= 0.3 is 6.03 Å². The molecule has 0 unspecified atom stereocenters. The maximum absolute atomic E-state index is 12.4. The van der Waals surface area contributed by atoms with Gasteiger partial charge in [0.05, 0.1) is 19.8 Å². The Kier molecular flexibility index (Phi) is 6.53. The fourth-order valence-electron chi connectivity index (χ4n) is 3.47. The predicted molar refractivity (Wildman–Crippen MR) is 98.2 cm³/mol. The van der Waals surface area contributed by atoms with Crippen molar-refractivity contribution < 1.29 is 14.3 Å². The number of hydrogen-bond donors (Lipinski definition) is 1. The number of rotatable bonds is 5. The summed E-state index contributed by atoms with van der Waals surface area (Å²) in [4.78, 5) is 16.8. The number of morpholine rings is 1. The van der Waals surface area contributed by atoms with Gasteiger partial charge in [-0.25, -0.2) is 4.79 Å². The smallest absolute Gasteiger partial charge is 0.321 e. The van der Waals surface area contributed by atoms with Crippen LogP contribution in [0.15, 0.2) is 24.3 Å². The third kappa shape index (κ3) is 5.34. The van der Waals surface area contributed by atoms with Gasteiger partial charge in [0, 0.05) is 38.4 Å². The standard InChI is InChI=1S/C19H29N3O3/c1-2-25-18-5-3-17(4-6-18)20-19(23)22-9-7-16(8-10-22)15-21-11-13-24-14-12-21/h3-6,16H,2,7-15H2,1H3,(H,20,23). The van der Waals surface area contributed by atoms with Crippen LogP contribution in [0.3, 0.4) is 0 Å². The third-order valence-electron chi connectivity index (χ3n) is 4.94. The molecule has 1 aromatic rings. The molecule has 0 radical (unpaired) electrons. The summed E-state index contributed by atoms with van der Waals surface area (Å²) in [6.07, 6.45) is 2.15. The van der Waals surface area contributed by atoms with Gasteiger partial charge in [-0.05, 0) is 49.9 Å². The summed E-state index contributed by atoms with van der Waals surface area (Å²) in [6, 6.07) is 7.53. The number of hydrogen-bond acceptors (Lipinski definition) is 4. The van der Waals surface area contributed by atoms with E-state index in [1.54, 1.807) is 0 Å². The molecule has 138 valence electrons. The lowest BCUT2D eigenvalue weighted by molar-refractivity contribution is 0.0260. The lowest BCUT2D eigenvalue weighted by Crippen LogP contribution is -2.45. The molecule has 2 saturated heterocycles. The maximum atomic E-state index is 12.4. The number of nitrogens with one attached hydrogen (secondary N) is 1. The van der Waals surface area contributed by atoms with Crippen LogP contribution in [0.25, 0.3) is 0 Å². The minimum Gasteiger partial charge on any atom is -0.494 e. The van der Waals surface area contributed by atoms with E-state index in [4.69, 9.17) is 9.47 Å². The molecule has 2 aliphatic rings. The van der Waals surface area contributed by atoms with Crippen LogP contribution < -0.4 is 10.1 Å². The van der Waals surface area contributed by atoms with E-state index in [0.717, 1.165) is 70.2 Å². The fourth-order valence-corrected chi connectivity index (χ4v) is 3.47. The summed E-state index contributed by atoms with van der Waals surface area (Å²) in [7, 11) is 0. The minimum absolute atomic E-state index is 0.00557. The highest BCUT2D eigenvalue weighted by molar-refractivity contribution is 5.89. The van der Waals surface area contributed by atoms with E-state index >= 15 is 0 Å². The zero-order valence-corrected chi connectivity index (χ0v) is 15.1. The van der Waals surface area contributed by atoms with Crippen molar-refractivity contribution >= 4 is 11.7 Å². The fraction of sp³-hybridized carbons (Fsp3) is 0.632. The number of nitrogens with zero attached hydrogens (tertiary/aromatic N) is 2. The lowest BCUT2D eigenvalue weighted by Gasteiger charge is -2.36. The first kappa shape index (κ1) is 18.0. The normalized spacial score (nSPS) is 19.6.